The van der Waals surface area contributed by atoms with Gasteiger partial charge in [0, 0.05) is 30.0 Å². The highest BCUT2D eigenvalue weighted by molar-refractivity contribution is 5.91. The molecule has 0 unspecified atom stereocenters. The molecule has 138 valence electrons. The summed E-state index contributed by atoms with van der Waals surface area (Å²) in [6.45, 7) is 1.75. The van der Waals surface area contributed by atoms with E-state index in [9.17, 15) is 25.0 Å². The average molecular weight is 371 g/mol. The Hall–Kier alpha value is -4.02. The Morgan fingerprint density at radius 2 is 1.89 bits per heavy atom. The van der Waals surface area contributed by atoms with Gasteiger partial charge in [-0.3, -0.25) is 20.2 Å². The van der Waals surface area contributed by atoms with Crippen LogP contribution in [0.1, 0.15) is 12.5 Å². The van der Waals surface area contributed by atoms with E-state index in [0.29, 0.717) is 5.56 Å². The van der Waals surface area contributed by atoms with Gasteiger partial charge in [0.15, 0.2) is 0 Å². The Labute approximate surface area is 152 Å². The summed E-state index contributed by atoms with van der Waals surface area (Å²) < 4.78 is 4.82. The topological polar surface area (TPSA) is 150 Å². The third-order valence-electron chi connectivity index (χ3n) is 3.13. The van der Waals surface area contributed by atoms with Gasteiger partial charge in [0.25, 0.3) is 11.5 Å². The van der Waals surface area contributed by atoms with E-state index in [0.717, 1.165) is 6.08 Å². The predicted molar refractivity (Wildman–Crippen MR) is 93.1 cm³/mol. The maximum atomic E-state index is 11.8. The minimum absolute atomic E-state index is 0.00305. The second-order valence-electron chi connectivity index (χ2n) is 4.89. The van der Waals surface area contributed by atoms with Crippen LogP contribution in [-0.4, -0.2) is 27.4 Å². The van der Waals surface area contributed by atoms with Crippen LogP contribution in [0, 0.1) is 20.2 Å². The number of aromatic nitrogens is 1. The molecule has 1 aromatic carbocycles. The Bertz CT molecular complexity index is 923. The number of carbonyl (C=O) groups is 1. The number of hydrogen-bond donors (Lipinski definition) is 0. The summed E-state index contributed by atoms with van der Waals surface area (Å²) in [5, 5.41) is 29.4. The van der Waals surface area contributed by atoms with E-state index in [-0.39, 0.29) is 29.5 Å². The zero-order valence-electron chi connectivity index (χ0n) is 14.0. The van der Waals surface area contributed by atoms with Crippen LogP contribution in [0.5, 0.6) is 0 Å². The summed E-state index contributed by atoms with van der Waals surface area (Å²) >= 11 is 0. The van der Waals surface area contributed by atoms with Crippen molar-refractivity contribution in [2.45, 2.75) is 6.92 Å². The van der Waals surface area contributed by atoms with Gasteiger partial charge in [-0.25, -0.2) is 9.78 Å². The number of pyridine rings is 1. The SMILES string of the molecule is CCOC(=O)/C=C(/N=Nc1ncccc1[N+](=O)[O-])c1ccc([N+](=O)[O-])cc1. The molecule has 0 saturated carbocycles. The quantitative estimate of drug-likeness (QED) is 0.237. The van der Waals surface area contributed by atoms with Crippen LogP contribution >= 0.6 is 0 Å². The first-order chi connectivity index (χ1) is 12.9. The van der Waals surface area contributed by atoms with E-state index in [1.807, 2.05) is 0 Å². The fourth-order valence-corrected chi connectivity index (χ4v) is 1.93. The Morgan fingerprint density at radius 3 is 2.48 bits per heavy atom. The lowest BCUT2D eigenvalue weighted by Crippen LogP contribution is -2.00. The van der Waals surface area contributed by atoms with Crippen molar-refractivity contribution in [3.05, 3.63) is 74.5 Å². The minimum Gasteiger partial charge on any atom is -0.463 e. The van der Waals surface area contributed by atoms with Gasteiger partial charge in [0.1, 0.15) is 5.70 Å². The normalized spacial score (nSPS) is 11.4. The number of ether oxygens (including phenoxy) is 1. The molecule has 2 rings (SSSR count). The van der Waals surface area contributed by atoms with Crippen molar-refractivity contribution in [2.75, 3.05) is 6.61 Å². The fraction of sp³-hybridized carbons (Fsp3) is 0.125. The number of nitro groups is 2. The number of carbonyl (C=O) groups excluding carboxylic acids is 1. The van der Waals surface area contributed by atoms with Gasteiger partial charge >= 0.3 is 11.7 Å². The molecule has 2 aromatic rings. The maximum Gasteiger partial charge on any atom is 0.333 e. The standard InChI is InChI=1S/C16H13N5O6/c1-2-27-15(22)10-13(11-5-7-12(8-6-11)20(23)24)18-19-16-14(21(25)26)4-3-9-17-16/h3-10H,2H2,1H3/b13-10+,19-18?. The molecular formula is C16H13N5O6. The predicted octanol–water partition coefficient (Wildman–Crippen LogP) is 3.59. The number of hydrogen-bond acceptors (Lipinski definition) is 9. The first kappa shape index (κ1) is 19.3. The van der Waals surface area contributed by atoms with Crippen molar-refractivity contribution in [3.63, 3.8) is 0 Å². The molecule has 0 radical (unpaired) electrons. The van der Waals surface area contributed by atoms with Gasteiger partial charge in [0.2, 0.25) is 0 Å². The lowest BCUT2D eigenvalue weighted by molar-refractivity contribution is -0.384. The molecule has 1 heterocycles. The fourth-order valence-electron chi connectivity index (χ4n) is 1.93. The third kappa shape index (κ3) is 5.22. The molecule has 0 aliphatic rings. The lowest BCUT2D eigenvalue weighted by atomic mass is 10.1. The van der Waals surface area contributed by atoms with Crippen LogP contribution in [0.4, 0.5) is 17.2 Å². The molecule has 1 aromatic heterocycles. The number of esters is 1. The number of azo groups is 1. The van der Waals surface area contributed by atoms with Gasteiger partial charge < -0.3 is 4.74 Å². The molecule has 0 amide bonds. The zero-order chi connectivity index (χ0) is 19.8. The molecule has 11 heteroatoms. The largest absolute Gasteiger partial charge is 0.463 e. The zero-order valence-corrected chi connectivity index (χ0v) is 14.0. The first-order valence-electron chi connectivity index (χ1n) is 7.56. The number of rotatable bonds is 7. The number of non-ortho nitro benzene ring substituents is 1. The first-order valence-corrected chi connectivity index (χ1v) is 7.56. The summed E-state index contributed by atoms with van der Waals surface area (Å²) in [4.78, 5) is 36.1. The van der Waals surface area contributed by atoms with Crippen LogP contribution in [-0.2, 0) is 9.53 Å². The highest BCUT2D eigenvalue weighted by Gasteiger charge is 2.14. The van der Waals surface area contributed by atoms with Gasteiger partial charge in [-0.2, -0.15) is 0 Å². The molecule has 0 aliphatic carbocycles. The van der Waals surface area contributed by atoms with Gasteiger partial charge in [-0.1, -0.05) is 0 Å². The lowest BCUT2D eigenvalue weighted by Gasteiger charge is -2.02. The highest BCUT2D eigenvalue weighted by atomic mass is 16.6. The summed E-state index contributed by atoms with van der Waals surface area (Å²) in [7, 11) is 0. The highest BCUT2D eigenvalue weighted by Crippen LogP contribution is 2.27. The van der Waals surface area contributed by atoms with Crippen molar-refractivity contribution in [1.29, 1.82) is 0 Å². The Balaban J connectivity index is 2.43. The second-order valence-corrected chi connectivity index (χ2v) is 4.89. The van der Waals surface area contributed by atoms with Gasteiger partial charge in [-0.05, 0) is 25.1 Å². The van der Waals surface area contributed by atoms with E-state index in [1.54, 1.807) is 6.92 Å². The number of benzene rings is 1. The molecule has 11 nitrogen and oxygen atoms in total. The Kier molecular flexibility index (Phi) is 6.36. The molecular weight excluding hydrogens is 358 g/mol. The number of nitro benzene ring substituents is 1. The molecule has 0 saturated heterocycles. The smallest absolute Gasteiger partial charge is 0.333 e. The van der Waals surface area contributed by atoms with Crippen LogP contribution in [0.3, 0.4) is 0 Å². The van der Waals surface area contributed by atoms with Gasteiger partial charge in [-0.15, -0.1) is 10.2 Å². The molecule has 0 spiro atoms. The van der Waals surface area contributed by atoms with E-state index >= 15 is 0 Å². The monoisotopic (exact) mass is 371 g/mol. The van der Waals surface area contributed by atoms with Crippen LogP contribution in [0.15, 0.2) is 58.9 Å². The van der Waals surface area contributed by atoms with E-state index in [1.165, 1.54) is 42.6 Å². The molecule has 0 bridgehead atoms. The van der Waals surface area contributed by atoms with E-state index in [4.69, 9.17) is 4.74 Å². The summed E-state index contributed by atoms with van der Waals surface area (Å²) in [5.74, 6) is -0.959. The van der Waals surface area contributed by atoms with Gasteiger partial charge in [0.05, 0.1) is 22.5 Å². The second kappa shape index (κ2) is 8.89. The molecule has 0 aliphatic heterocycles. The van der Waals surface area contributed by atoms with Crippen molar-refractivity contribution in [2.24, 2.45) is 10.2 Å². The Morgan fingerprint density at radius 1 is 1.19 bits per heavy atom. The van der Waals surface area contributed by atoms with Crippen LogP contribution in [0.25, 0.3) is 5.70 Å². The summed E-state index contributed by atoms with van der Waals surface area (Å²) in [6.07, 6.45) is 2.34. The van der Waals surface area contributed by atoms with Crippen molar-refractivity contribution < 1.29 is 19.4 Å². The van der Waals surface area contributed by atoms with Crippen LogP contribution in [0.2, 0.25) is 0 Å². The maximum absolute atomic E-state index is 11.8. The molecule has 0 N–H and O–H groups in total. The van der Waals surface area contributed by atoms with Crippen LogP contribution < -0.4 is 0 Å². The molecule has 27 heavy (non-hydrogen) atoms. The van der Waals surface area contributed by atoms with Crippen molar-refractivity contribution in [3.8, 4) is 0 Å². The number of nitrogens with zero attached hydrogens (tertiary/aromatic N) is 5. The minimum atomic E-state index is -0.708. The third-order valence-corrected chi connectivity index (χ3v) is 3.13. The average Bonchev–Trinajstić information content (AvgIpc) is 2.65. The van der Waals surface area contributed by atoms with Crippen molar-refractivity contribution >= 4 is 28.9 Å². The summed E-state index contributed by atoms with van der Waals surface area (Å²) in [6, 6.07) is 7.79. The molecule has 0 fully saturated rings. The van der Waals surface area contributed by atoms with Crippen molar-refractivity contribution in [1.82, 2.24) is 4.98 Å². The van der Waals surface area contributed by atoms with E-state index < -0.39 is 15.8 Å². The summed E-state index contributed by atoms with van der Waals surface area (Å²) in [5.41, 5.74) is -0.175. The van der Waals surface area contributed by atoms with E-state index in [2.05, 4.69) is 15.2 Å². The molecule has 0 atom stereocenters.